The Kier molecular flexibility index (Phi) is 8.41. The number of likely N-dealkylation sites (N-methyl/N-ethyl adjacent to an activating group) is 1. The Morgan fingerprint density at radius 1 is 0.967 bits per heavy atom. The average molecular weight is 412 g/mol. The Balaban J connectivity index is 1.69. The molecule has 7 nitrogen and oxygen atoms in total. The summed E-state index contributed by atoms with van der Waals surface area (Å²) in [6, 6.07) is 14.8. The van der Waals surface area contributed by atoms with Crippen molar-refractivity contribution in [1.29, 1.82) is 0 Å². The van der Waals surface area contributed by atoms with Crippen LogP contribution in [0.3, 0.4) is 0 Å². The summed E-state index contributed by atoms with van der Waals surface area (Å²) in [4.78, 5) is 37.1. The molecule has 2 rings (SSSR count). The lowest BCUT2D eigenvalue weighted by molar-refractivity contribution is -0.153. The maximum Gasteiger partial charge on any atom is 0.344 e. The minimum absolute atomic E-state index is 0.150. The van der Waals surface area contributed by atoms with Crippen LogP contribution in [-0.4, -0.2) is 49.5 Å². The van der Waals surface area contributed by atoms with Crippen molar-refractivity contribution in [2.24, 2.45) is 0 Å². The Bertz CT molecular complexity index is 860. The van der Waals surface area contributed by atoms with E-state index >= 15 is 0 Å². The molecule has 0 radical (unpaired) electrons. The van der Waals surface area contributed by atoms with Gasteiger partial charge in [0.1, 0.15) is 5.75 Å². The monoisotopic (exact) mass is 412 g/mol. The molecule has 2 aromatic rings. The van der Waals surface area contributed by atoms with Crippen LogP contribution in [-0.2, 0) is 19.1 Å². The average Bonchev–Trinajstić information content (AvgIpc) is 2.72. The number of esters is 1. The normalized spacial score (nSPS) is 10.4. The zero-order chi connectivity index (χ0) is 22.1. The van der Waals surface area contributed by atoms with Gasteiger partial charge in [-0.1, -0.05) is 43.7 Å². The smallest absolute Gasteiger partial charge is 0.344 e. The molecule has 1 N–H and O–H groups in total. The summed E-state index contributed by atoms with van der Waals surface area (Å²) in [7, 11) is 1.47. The van der Waals surface area contributed by atoms with Crippen LogP contribution in [0.1, 0.15) is 30.9 Å². The molecule has 0 unspecified atom stereocenters. The van der Waals surface area contributed by atoms with Gasteiger partial charge in [0.25, 0.3) is 5.91 Å². The largest absolute Gasteiger partial charge is 0.482 e. The Hall–Kier alpha value is -3.35. The number of ether oxygens (including phenoxy) is 2. The van der Waals surface area contributed by atoms with E-state index in [1.54, 1.807) is 24.3 Å². The molecule has 0 aliphatic heterocycles. The first-order valence-electron chi connectivity index (χ1n) is 9.73. The van der Waals surface area contributed by atoms with Gasteiger partial charge in [0.05, 0.1) is 6.54 Å². The summed E-state index contributed by atoms with van der Waals surface area (Å²) in [5.41, 5.74) is 2.90. The fourth-order valence-electron chi connectivity index (χ4n) is 2.53. The van der Waals surface area contributed by atoms with Crippen molar-refractivity contribution < 1.29 is 23.9 Å². The number of carbonyl (C=O) groups excluding carboxylic acids is 3. The van der Waals surface area contributed by atoms with Gasteiger partial charge in [-0.15, -0.1) is 0 Å². The molecule has 2 amide bonds. The highest BCUT2D eigenvalue weighted by Gasteiger charge is 2.15. The second-order valence-electron chi connectivity index (χ2n) is 7.34. The number of rotatable bonds is 9. The fourth-order valence-corrected chi connectivity index (χ4v) is 2.53. The van der Waals surface area contributed by atoms with Crippen molar-refractivity contribution in [3.05, 3.63) is 59.7 Å². The van der Waals surface area contributed by atoms with Gasteiger partial charge >= 0.3 is 5.97 Å². The van der Waals surface area contributed by atoms with Gasteiger partial charge in [-0.05, 0) is 42.7 Å². The molecule has 0 fully saturated rings. The number of hydrogen-bond donors (Lipinski definition) is 1. The molecule has 0 atom stereocenters. The first kappa shape index (κ1) is 22.9. The van der Waals surface area contributed by atoms with E-state index in [0.717, 1.165) is 5.56 Å². The number of nitrogens with zero attached hydrogens (tertiary/aromatic N) is 1. The quantitative estimate of drug-likeness (QED) is 0.640. The topological polar surface area (TPSA) is 84.9 Å². The van der Waals surface area contributed by atoms with Crippen molar-refractivity contribution in [2.75, 3.05) is 32.1 Å². The van der Waals surface area contributed by atoms with Crippen LogP contribution in [0.15, 0.2) is 48.5 Å². The highest BCUT2D eigenvalue weighted by atomic mass is 16.6. The number of benzene rings is 2. The zero-order valence-corrected chi connectivity index (χ0v) is 17.8. The lowest BCUT2D eigenvalue weighted by Gasteiger charge is -2.17. The van der Waals surface area contributed by atoms with E-state index in [0.29, 0.717) is 17.4 Å². The van der Waals surface area contributed by atoms with Gasteiger partial charge in [0, 0.05) is 12.7 Å². The first-order chi connectivity index (χ1) is 14.2. The second kappa shape index (κ2) is 11.0. The van der Waals surface area contributed by atoms with E-state index in [2.05, 4.69) is 19.2 Å². The van der Waals surface area contributed by atoms with Crippen molar-refractivity contribution in [3.63, 3.8) is 0 Å². The predicted octanol–water partition coefficient (Wildman–Crippen LogP) is 3.14. The lowest BCUT2D eigenvalue weighted by Crippen LogP contribution is -2.37. The van der Waals surface area contributed by atoms with E-state index in [-0.39, 0.29) is 19.1 Å². The third-order valence-corrected chi connectivity index (χ3v) is 4.40. The number of carbonyl (C=O) groups is 3. The fraction of sp³-hybridized carbons (Fsp3) is 0.348. The molecule has 0 heterocycles. The van der Waals surface area contributed by atoms with E-state index < -0.39 is 18.5 Å². The van der Waals surface area contributed by atoms with Crippen molar-refractivity contribution in [1.82, 2.24) is 4.90 Å². The van der Waals surface area contributed by atoms with Crippen molar-refractivity contribution in [2.45, 2.75) is 26.7 Å². The summed E-state index contributed by atoms with van der Waals surface area (Å²) in [5, 5.41) is 2.71. The number of anilines is 1. The molecule has 0 saturated heterocycles. The van der Waals surface area contributed by atoms with Crippen LogP contribution in [0.25, 0.3) is 0 Å². The van der Waals surface area contributed by atoms with Gasteiger partial charge in [0.15, 0.2) is 13.2 Å². The minimum Gasteiger partial charge on any atom is -0.482 e. The second-order valence-corrected chi connectivity index (χ2v) is 7.34. The maximum absolute atomic E-state index is 12.1. The lowest BCUT2D eigenvalue weighted by atomic mass is 10.0. The highest BCUT2D eigenvalue weighted by molar-refractivity contribution is 5.94. The molecule has 0 aliphatic rings. The first-order valence-corrected chi connectivity index (χ1v) is 9.73. The van der Waals surface area contributed by atoms with Gasteiger partial charge in [-0.3, -0.25) is 9.59 Å². The van der Waals surface area contributed by atoms with Crippen LogP contribution < -0.4 is 10.1 Å². The third-order valence-electron chi connectivity index (χ3n) is 4.40. The van der Waals surface area contributed by atoms with Gasteiger partial charge < -0.3 is 19.7 Å². The SMILES string of the molecule is Cc1ccc(NC(=O)CN(C)C(=O)COC(=O)COc2ccc(C(C)C)cc2)cc1. The Labute approximate surface area is 177 Å². The molecule has 0 saturated carbocycles. The van der Waals surface area contributed by atoms with Crippen molar-refractivity contribution >= 4 is 23.5 Å². The number of aryl methyl sites for hydroxylation is 1. The zero-order valence-electron chi connectivity index (χ0n) is 17.8. The summed E-state index contributed by atoms with van der Waals surface area (Å²) in [5.74, 6) is -0.523. The molecule has 0 bridgehead atoms. The summed E-state index contributed by atoms with van der Waals surface area (Å²) in [6.07, 6.45) is 0. The molecule has 0 aromatic heterocycles. The third kappa shape index (κ3) is 7.58. The van der Waals surface area contributed by atoms with E-state index in [1.165, 1.54) is 17.5 Å². The molecule has 7 heteroatoms. The molecular weight excluding hydrogens is 384 g/mol. The standard InChI is InChI=1S/C23H28N2O5/c1-16(2)18-7-11-20(12-8-18)29-15-23(28)30-14-22(27)25(4)13-21(26)24-19-9-5-17(3)6-10-19/h5-12,16H,13-15H2,1-4H3,(H,24,26). The van der Waals surface area contributed by atoms with Crippen LogP contribution in [0.5, 0.6) is 5.75 Å². The Morgan fingerprint density at radius 3 is 2.20 bits per heavy atom. The highest BCUT2D eigenvalue weighted by Crippen LogP contribution is 2.18. The maximum atomic E-state index is 12.1. The number of nitrogens with one attached hydrogen (secondary N) is 1. The van der Waals surface area contributed by atoms with Crippen LogP contribution in [0.4, 0.5) is 5.69 Å². The summed E-state index contributed by atoms with van der Waals surface area (Å²) in [6.45, 7) is 5.23. The molecule has 30 heavy (non-hydrogen) atoms. The van der Waals surface area contributed by atoms with Crippen LogP contribution >= 0.6 is 0 Å². The molecule has 2 aromatic carbocycles. The molecule has 0 aliphatic carbocycles. The summed E-state index contributed by atoms with van der Waals surface area (Å²) < 4.78 is 10.3. The van der Waals surface area contributed by atoms with Gasteiger partial charge in [-0.2, -0.15) is 0 Å². The molecular formula is C23H28N2O5. The summed E-state index contributed by atoms with van der Waals surface area (Å²) >= 11 is 0. The van der Waals surface area contributed by atoms with Gasteiger partial charge in [-0.25, -0.2) is 4.79 Å². The van der Waals surface area contributed by atoms with E-state index in [4.69, 9.17) is 9.47 Å². The van der Waals surface area contributed by atoms with Crippen LogP contribution in [0, 0.1) is 6.92 Å². The number of amides is 2. The van der Waals surface area contributed by atoms with Crippen LogP contribution in [0.2, 0.25) is 0 Å². The molecule has 0 spiro atoms. The van der Waals surface area contributed by atoms with Gasteiger partial charge in [0.2, 0.25) is 5.91 Å². The number of hydrogen-bond acceptors (Lipinski definition) is 5. The van der Waals surface area contributed by atoms with E-state index in [9.17, 15) is 14.4 Å². The van der Waals surface area contributed by atoms with E-state index in [1.807, 2.05) is 31.2 Å². The minimum atomic E-state index is -0.659. The molecule has 160 valence electrons. The van der Waals surface area contributed by atoms with Crippen molar-refractivity contribution in [3.8, 4) is 5.75 Å². The Morgan fingerprint density at radius 2 is 1.60 bits per heavy atom. The predicted molar refractivity (Wildman–Crippen MR) is 114 cm³/mol.